The van der Waals surface area contributed by atoms with E-state index in [0.29, 0.717) is 0 Å². The number of hydrogen-bond donors (Lipinski definition) is 2. The summed E-state index contributed by atoms with van der Waals surface area (Å²) in [5.74, 6) is 0.771. The summed E-state index contributed by atoms with van der Waals surface area (Å²) < 4.78 is 9.33. The van der Waals surface area contributed by atoms with E-state index in [1.165, 1.54) is 0 Å². The Morgan fingerprint density at radius 3 is 1.62 bits per heavy atom. The molecule has 0 saturated carbocycles. The average molecular weight is 123 g/mol. The van der Waals surface area contributed by atoms with Crippen LogP contribution in [0.2, 0.25) is 0 Å². The fourth-order valence-electron chi connectivity index (χ4n) is 0. The van der Waals surface area contributed by atoms with Gasteiger partial charge in [-0.15, -0.1) is 0 Å². The average Bonchev–Trinajstić information content (AvgIpc) is 1.35. The molecule has 0 aromatic rings. The Morgan fingerprint density at radius 2 is 1.62 bits per heavy atom. The molecule has 0 bridgehead atoms. The summed E-state index contributed by atoms with van der Waals surface area (Å²) in [5.41, 5.74) is 0. The van der Waals surface area contributed by atoms with Gasteiger partial charge in [-0.1, -0.05) is 0 Å². The molecule has 2 N–H and O–H groups in total. The van der Waals surface area contributed by atoms with Gasteiger partial charge in [0.1, 0.15) is 0 Å². The summed E-state index contributed by atoms with van der Waals surface area (Å²) in [6.45, 7) is 0. The van der Waals surface area contributed by atoms with Crippen molar-refractivity contribution in [1.82, 2.24) is 0 Å². The van der Waals surface area contributed by atoms with Crippen LogP contribution in [-0.2, 0) is 4.57 Å². The summed E-state index contributed by atoms with van der Waals surface area (Å²) in [7, 11) is -4.34. The standard InChI is InChI=1S/CH2NO3P.2Li.2H/c2-1-6(3,4)5;;;;/h(H2,3,4,5);;;;/q;2*+1;2*-1. The maximum absolute atomic E-state index is 9.33. The van der Waals surface area contributed by atoms with Crippen molar-refractivity contribution in [3.8, 4) is 5.81 Å². The summed E-state index contributed by atoms with van der Waals surface area (Å²) in [5, 5.41) is 7.39. The van der Waals surface area contributed by atoms with E-state index in [1.807, 2.05) is 0 Å². The number of nitriles is 1. The van der Waals surface area contributed by atoms with E-state index in [1.54, 1.807) is 0 Å². The molecule has 0 aliphatic carbocycles. The second-order valence-electron chi connectivity index (χ2n) is 0.644. The minimum atomic E-state index is -4.34. The number of rotatable bonds is 0. The molecule has 0 heterocycles. The largest absolute Gasteiger partial charge is 1.00 e. The first-order valence-electron chi connectivity index (χ1n) is 1.03. The molecule has 0 spiro atoms. The van der Waals surface area contributed by atoms with Gasteiger partial charge in [0.05, 0.1) is 0 Å². The maximum Gasteiger partial charge on any atom is 1.00 e. The van der Waals surface area contributed by atoms with E-state index >= 15 is 0 Å². The van der Waals surface area contributed by atoms with Crippen LogP contribution >= 0.6 is 7.60 Å². The second-order valence-corrected chi connectivity index (χ2v) is 1.93. The quantitative estimate of drug-likeness (QED) is 0.248. The molecule has 0 amide bonds. The first kappa shape index (κ1) is 15.9. The minimum Gasteiger partial charge on any atom is -1.00 e. The van der Waals surface area contributed by atoms with Crippen molar-refractivity contribution in [3.05, 3.63) is 0 Å². The summed E-state index contributed by atoms with van der Waals surface area (Å²) >= 11 is 0. The van der Waals surface area contributed by atoms with E-state index in [4.69, 9.17) is 15.0 Å². The van der Waals surface area contributed by atoms with Crippen LogP contribution in [0.3, 0.4) is 0 Å². The molecular formula is CH4Li2NO3P. The van der Waals surface area contributed by atoms with E-state index in [2.05, 4.69) is 0 Å². The molecule has 38 valence electrons. The first-order valence-corrected chi connectivity index (χ1v) is 2.64. The number of hydrogen-bond acceptors (Lipinski definition) is 2. The minimum absolute atomic E-state index is 0. The molecule has 0 aliphatic heterocycles. The SMILES string of the molecule is N#CP(=O)(O)O.[H-].[H-].[Li+].[Li+]. The predicted molar refractivity (Wildman–Crippen MR) is 19.9 cm³/mol. The van der Waals surface area contributed by atoms with Gasteiger partial charge in [-0.3, -0.25) is 0 Å². The molecule has 0 aliphatic rings. The van der Waals surface area contributed by atoms with Crippen molar-refractivity contribution in [2.24, 2.45) is 0 Å². The fourth-order valence-corrected chi connectivity index (χ4v) is 0. The van der Waals surface area contributed by atoms with Crippen molar-refractivity contribution in [2.45, 2.75) is 0 Å². The van der Waals surface area contributed by atoms with Crippen molar-refractivity contribution in [3.63, 3.8) is 0 Å². The Bertz CT molecular complexity index is 131. The van der Waals surface area contributed by atoms with Crippen LogP contribution in [0, 0.1) is 11.1 Å². The van der Waals surface area contributed by atoms with Gasteiger partial charge in [-0.05, 0) is 0 Å². The molecule has 8 heavy (non-hydrogen) atoms. The van der Waals surface area contributed by atoms with Crippen LogP contribution < -0.4 is 37.7 Å². The Labute approximate surface area is 73.7 Å². The van der Waals surface area contributed by atoms with Crippen molar-refractivity contribution >= 4 is 7.60 Å². The monoisotopic (exact) mass is 123 g/mol. The Morgan fingerprint density at radius 1 is 1.50 bits per heavy atom. The Balaban J connectivity index is -0.0000000208. The maximum atomic E-state index is 9.33. The molecule has 0 saturated heterocycles. The molecule has 0 rings (SSSR count). The third kappa shape index (κ3) is 15.8. The second kappa shape index (κ2) is 5.96. The van der Waals surface area contributed by atoms with Crippen LogP contribution in [-0.4, -0.2) is 9.79 Å². The summed E-state index contributed by atoms with van der Waals surface area (Å²) in [6, 6.07) is 0. The molecule has 0 fully saturated rings. The molecule has 0 aromatic carbocycles. The smallest absolute Gasteiger partial charge is 1.00 e. The molecule has 7 heteroatoms. The van der Waals surface area contributed by atoms with E-state index in [9.17, 15) is 4.57 Å². The van der Waals surface area contributed by atoms with Gasteiger partial charge in [0, 0.05) is 0 Å². The Kier molecular flexibility index (Phi) is 11.9. The molecule has 0 unspecified atom stereocenters. The third-order valence-electron chi connectivity index (χ3n) is 0.130. The van der Waals surface area contributed by atoms with Gasteiger partial charge in [-0.2, -0.15) is 5.26 Å². The zero-order valence-electron chi connectivity index (χ0n) is 6.70. The zero-order chi connectivity index (χ0) is 5.21. The number of nitrogens with zero attached hydrogens (tertiary/aromatic N) is 1. The van der Waals surface area contributed by atoms with Gasteiger partial charge in [-0.25, -0.2) is 4.57 Å². The molecule has 4 nitrogen and oxygen atoms in total. The van der Waals surface area contributed by atoms with Crippen molar-refractivity contribution in [1.29, 1.82) is 5.26 Å². The van der Waals surface area contributed by atoms with Gasteiger partial charge in [0.2, 0.25) is 0 Å². The summed E-state index contributed by atoms with van der Waals surface area (Å²) in [6.07, 6.45) is 0. The van der Waals surface area contributed by atoms with E-state index in [0.717, 1.165) is 5.81 Å². The molecule has 0 radical (unpaired) electrons. The van der Waals surface area contributed by atoms with Crippen LogP contribution in [0.15, 0.2) is 0 Å². The van der Waals surface area contributed by atoms with Gasteiger partial charge in [0.25, 0.3) is 0 Å². The van der Waals surface area contributed by atoms with Crippen LogP contribution in [0.5, 0.6) is 0 Å². The van der Waals surface area contributed by atoms with Gasteiger partial charge < -0.3 is 12.6 Å². The molecule has 0 aromatic heterocycles. The summed E-state index contributed by atoms with van der Waals surface area (Å²) in [4.78, 5) is 15.2. The van der Waals surface area contributed by atoms with Crippen LogP contribution in [0.4, 0.5) is 0 Å². The Hall–Kier alpha value is 0.835. The topological polar surface area (TPSA) is 81.3 Å². The third-order valence-corrected chi connectivity index (χ3v) is 0.391. The predicted octanol–water partition coefficient (Wildman–Crippen LogP) is -6.12. The normalized spacial score (nSPS) is 7.62. The molecule has 0 atom stereocenters. The van der Waals surface area contributed by atoms with Gasteiger partial charge >= 0.3 is 45.3 Å². The van der Waals surface area contributed by atoms with Crippen molar-refractivity contribution in [2.75, 3.05) is 0 Å². The first-order chi connectivity index (χ1) is 2.56. The zero-order valence-corrected chi connectivity index (χ0v) is 5.59. The van der Waals surface area contributed by atoms with Crippen LogP contribution in [0.25, 0.3) is 0 Å². The van der Waals surface area contributed by atoms with E-state index < -0.39 is 7.60 Å². The van der Waals surface area contributed by atoms with Gasteiger partial charge in [0.15, 0.2) is 5.81 Å². The van der Waals surface area contributed by atoms with Crippen molar-refractivity contribution < 1.29 is 54.9 Å². The van der Waals surface area contributed by atoms with Crippen LogP contribution in [0.1, 0.15) is 2.85 Å². The fraction of sp³-hybridized carbons (Fsp3) is 0. The van der Waals surface area contributed by atoms with E-state index in [-0.39, 0.29) is 40.6 Å². The molecular weight excluding hydrogens is 119 g/mol.